The summed E-state index contributed by atoms with van der Waals surface area (Å²) in [5.74, 6) is 0.793. The maximum absolute atomic E-state index is 7.06. The van der Waals surface area contributed by atoms with Gasteiger partial charge in [0.25, 0.3) is 0 Å². The first kappa shape index (κ1) is 18.3. The van der Waals surface area contributed by atoms with E-state index in [0.29, 0.717) is 5.69 Å². The highest BCUT2D eigenvalue weighted by atomic mass is 15.1. The standard InChI is InChI=1S/C24H26N4/c1-25-22-10-7-21(8-11-22)18-28-19-26-17-24(28)12-9-20-13-15-27(16-14-20)23-5-3-2-4-6-23/h2-8,10-11,17,19-20H,9,12-16,18H2. The van der Waals surface area contributed by atoms with Crippen LogP contribution in [0.15, 0.2) is 67.1 Å². The van der Waals surface area contributed by atoms with E-state index in [0.717, 1.165) is 32.0 Å². The number of rotatable bonds is 6. The Morgan fingerprint density at radius 1 is 1.00 bits per heavy atom. The molecule has 0 radical (unpaired) electrons. The molecule has 2 aromatic carbocycles. The van der Waals surface area contributed by atoms with Crippen LogP contribution in [0.1, 0.15) is 30.5 Å². The van der Waals surface area contributed by atoms with Gasteiger partial charge in [0.2, 0.25) is 0 Å². The van der Waals surface area contributed by atoms with E-state index in [1.165, 1.54) is 36.2 Å². The van der Waals surface area contributed by atoms with E-state index in [2.05, 4.69) is 49.6 Å². The van der Waals surface area contributed by atoms with Crippen LogP contribution in [-0.4, -0.2) is 22.6 Å². The summed E-state index contributed by atoms with van der Waals surface area (Å²) in [7, 11) is 0. The van der Waals surface area contributed by atoms with E-state index >= 15 is 0 Å². The van der Waals surface area contributed by atoms with E-state index in [9.17, 15) is 0 Å². The molecule has 4 nitrogen and oxygen atoms in total. The zero-order chi connectivity index (χ0) is 19.2. The molecule has 3 aromatic rings. The Balaban J connectivity index is 1.29. The van der Waals surface area contributed by atoms with Crippen molar-refractivity contribution in [2.75, 3.05) is 18.0 Å². The molecule has 0 N–H and O–H groups in total. The predicted molar refractivity (Wildman–Crippen MR) is 114 cm³/mol. The van der Waals surface area contributed by atoms with Crippen molar-refractivity contribution in [1.29, 1.82) is 0 Å². The number of hydrogen-bond acceptors (Lipinski definition) is 2. The number of hydrogen-bond donors (Lipinski definition) is 0. The highest BCUT2D eigenvalue weighted by molar-refractivity contribution is 5.46. The van der Waals surface area contributed by atoms with Crippen LogP contribution < -0.4 is 4.90 Å². The third-order valence-electron chi connectivity index (χ3n) is 5.76. The lowest BCUT2D eigenvalue weighted by molar-refractivity contribution is 0.379. The van der Waals surface area contributed by atoms with Crippen molar-refractivity contribution in [1.82, 2.24) is 9.55 Å². The van der Waals surface area contributed by atoms with Gasteiger partial charge in [0, 0.05) is 37.2 Å². The molecule has 1 fully saturated rings. The maximum Gasteiger partial charge on any atom is 0.187 e. The third-order valence-corrected chi connectivity index (χ3v) is 5.76. The number of aryl methyl sites for hydroxylation is 1. The molecule has 142 valence electrons. The molecule has 1 saturated heterocycles. The van der Waals surface area contributed by atoms with Crippen molar-refractivity contribution in [2.24, 2.45) is 5.92 Å². The van der Waals surface area contributed by atoms with Gasteiger partial charge in [0.05, 0.1) is 12.9 Å². The molecule has 1 aromatic heterocycles. The topological polar surface area (TPSA) is 25.4 Å². The van der Waals surface area contributed by atoms with Gasteiger partial charge in [0.1, 0.15) is 0 Å². The van der Waals surface area contributed by atoms with E-state index in [1.54, 1.807) is 0 Å². The molecular weight excluding hydrogens is 344 g/mol. The van der Waals surface area contributed by atoms with E-state index in [1.807, 2.05) is 36.8 Å². The second kappa shape index (κ2) is 8.75. The van der Waals surface area contributed by atoms with Crippen LogP contribution in [0.2, 0.25) is 0 Å². The van der Waals surface area contributed by atoms with Crippen molar-refractivity contribution in [2.45, 2.75) is 32.2 Å². The highest BCUT2D eigenvalue weighted by Gasteiger charge is 2.19. The molecule has 0 atom stereocenters. The van der Waals surface area contributed by atoms with Crippen LogP contribution in [0.3, 0.4) is 0 Å². The Labute approximate surface area is 167 Å². The fraction of sp³-hybridized carbons (Fsp3) is 0.333. The van der Waals surface area contributed by atoms with E-state index in [4.69, 9.17) is 6.57 Å². The molecule has 1 aliphatic rings. The van der Waals surface area contributed by atoms with Gasteiger partial charge in [-0.1, -0.05) is 42.5 Å². The van der Waals surface area contributed by atoms with Gasteiger partial charge in [-0.25, -0.2) is 9.83 Å². The van der Waals surface area contributed by atoms with Crippen LogP contribution in [0.5, 0.6) is 0 Å². The largest absolute Gasteiger partial charge is 0.372 e. The van der Waals surface area contributed by atoms with Gasteiger partial charge < -0.3 is 9.47 Å². The Hall–Kier alpha value is -3.06. The maximum atomic E-state index is 7.06. The molecule has 0 aliphatic carbocycles. The molecule has 2 heterocycles. The predicted octanol–water partition coefficient (Wildman–Crippen LogP) is 5.33. The van der Waals surface area contributed by atoms with Crippen LogP contribution in [0.4, 0.5) is 11.4 Å². The Morgan fingerprint density at radius 3 is 2.46 bits per heavy atom. The molecule has 0 spiro atoms. The zero-order valence-electron chi connectivity index (χ0n) is 16.2. The summed E-state index contributed by atoms with van der Waals surface area (Å²) in [6, 6.07) is 18.6. The fourth-order valence-electron chi connectivity index (χ4n) is 4.04. The van der Waals surface area contributed by atoms with Crippen LogP contribution in [-0.2, 0) is 13.0 Å². The van der Waals surface area contributed by atoms with E-state index < -0.39 is 0 Å². The number of anilines is 1. The number of benzene rings is 2. The van der Waals surface area contributed by atoms with Crippen molar-refractivity contribution < 1.29 is 0 Å². The SMILES string of the molecule is [C-]#[N+]c1ccc(Cn2cncc2CCC2CCN(c3ccccc3)CC2)cc1. The summed E-state index contributed by atoms with van der Waals surface area (Å²) in [4.78, 5) is 10.3. The first-order valence-electron chi connectivity index (χ1n) is 10.1. The summed E-state index contributed by atoms with van der Waals surface area (Å²) in [5, 5.41) is 0. The van der Waals surface area contributed by atoms with Crippen molar-refractivity contribution in [3.8, 4) is 0 Å². The normalized spacial score (nSPS) is 14.8. The molecule has 4 rings (SSSR count). The number of piperidine rings is 1. The highest BCUT2D eigenvalue weighted by Crippen LogP contribution is 2.26. The van der Waals surface area contributed by atoms with Crippen LogP contribution in [0, 0.1) is 12.5 Å². The van der Waals surface area contributed by atoms with Gasteiger partial charge in [-0.3, -0.25) is 0 Å². The number of para-hydroxylation sites is 1. The average molecular weight is 371 g/mol. The quantitative estimate of drug-likeness (QED) is 0.548. The first-order chi connectivity index (χ1) is 13.8. The number of nitrogens with zero attached hydrogens (tertiary/aromatic N) is 4. The first-order valence-corrected chi connectivity index (χ1v) is 10.1. The second-order valence-electron chi connectivity index (χ2n) is 7.60. The van der Waals surface area contributed by atoms with Crippen LogP contribution >= 0.6 is 0 Å². The lowest BCUT2D eigenvalue weighted by Crippen LogP contribution is -2.33. The molecule has 28 heavy (non-hydrogen) atoms. The second-order valence-corrected chi connectivity index (χ2v) is 7.60. The smallest absolute Gasteiger partial charge is 0.187 e. The van der Waals surface area contributed by atoms with Crippen LogP contribution in [0.25, 0.3) is 4.85 Å². The summed E-state index contributed by atoms with van der Waals surface area (Å²) in [6.45, 7) is 10.2. The monoisotopic (exact) mass is 370 g/mol. The third kappa shape index (κ3) is 4.43. The van der Waals surface area contributed by atoms with Gasteiger partial charge in [0.15, 0.2) is 5.69 Å². The average Bonchev–Trinajstić information content (AvgIpc) is 3.21. The Bertz CT molecular complexity index is 913. The molecule has 0 saturated carbocycles. The molecule has 0 unspecified atom stereocenters. The molecule has 1 aliphatic heterocycles. The van der Waals surface area contributed by atoms with Crippen molar-refractivity contribution >= 4 is 11.4 Å². The fourth-order valence-corrected chi connectivity index (χ4v) is 4.04. The zero-order valence-corrected chi connectivity index (χ0v) is 16.2. The Kier molecular flexibility index (Phi) is 5.72. The van der Waals surface area contributed by atoms with E-state index in [-0.39, 0.29) is 0 Å². The van der Waals surface area contributed by atoms with Crippen molar-refractivity contribution in [3.05, 3.63) is 89.8 Å². The molecular formula is C24H26N4. The lowest BCUT2D eigenvalue weighted by Gasteiger charge is -2.33. The minimum absolute atomic E-state index is 0.691. The summed E-state index contributed by atoms with van der Waals surface area (Å²) in [6.07, 6.45) is 8.77. The van der Waals surface area contributed by atoms with Gasteiger partial charge in [-0.2, -0.15) is 0 Å². The minimum Gasteiger partial charge on any atom is -0.372 e. The van der Waals surface area contributed by atoms with Crippen molar-refractivity contribution in [3.63, 3.8) is 0 Å². The van der Waals surface area contributed by atoms with Gasteiger partial charge in [-0.05, 0) is 49.3 Å². The Morgan fingerprint density at radius 2 is 1.75 bits per heavy atom. The molecule has 4 heteroatoms. The molecule has 0 bridgehead atoms. The summed E-state index contributed by atoms with van der Waals surface area (Å²) in [5.41, 5.74) is 4.56. The van der Waals surface area contributed by atoms with Gasteiger partial charge in [-0.15, -0.1) is 0 Å². The number of imidazole rings is 1. The van der Waals surface area contributed by atoms with Gasteiger partial charge >= 0.3 is 0 Å². The summed E-state index contributed by atoms with van der Waals surface area (Å²) < 4.78 is 2.24. The summed E-state index contributed by atoms with van der Waals surface area (Å²) >= 11 is 0. The molecule has 0 amide bonds. The number of aromatic nitrogens is 2. The minimum atomic E-state index is 0.691. The lowest BCUT2D eigenvalue weighted by atomic mass is 9.91.